The Morgan fingerprint density at radius 3 is 1.81 bits per heavy atom. The molecule has 0 spiro atoms. The number of benzene rings is 6. The lowest BCUT2D eigenvalue weighted by atomic mass is 9.83. The molecule has 6 rings (SSSR count). The minimum atomic E-state index is -2.94. The summed E-state index contributed by atoms with van der Waals surface area (Å²) in [5, 5.41) is 6.78. The van der Waals surface area contributed by atoms with Crippen molar-refractivity contribution in [1.29, 1.82) is 0 Å². The van der Waals surface area contributed by atoms with Gasteiger partial charge in [-0.3, -0.25) is 0 Å². The topological polar surface area (TPSA) is 0 Å². The summed E-state index contributed by atoms with van der Waals surface area (Å²) in [7, 11) is 0. The molecule has 0 aliphatic rings. The van der Waals surface area contributed by atoms with E-state index in [0.29, 0.717) is 0 Å². The second kappa shape index (κ2) is 8.67. The fraction of sp³-hybridized carbons (Fsp3) is 0.0909. The van der Waals surface area contributed by atoms with Crippen LogP contribution in [0, 0.1) is 13.8 Å². The number of hydrogen-bond donors (Lipinski definition) is 0. The van der Waals surface area contributed by atoms with E-state index in [0.717, 1.165) is 32.7 Å². The molecule has 0 N–H and O–H groups in total. The smallest absolute Gasteiger partial charge is 0.189 e. The predicted molar refractivity (Wildman–Crippen MR) is 157 cm³/mol. The minimum Gasteiger partial charge on any atom is -0.189 e. The van der Waals surface area contributed by atoms with Crippen LogP contribution in [0.3, 0.4) is 0 Å². The van der Waals surface area contributed by atoms with E-state index in [4.69, 9.17) is 0 Å². The van der Waals surface area contributed by atoms with Gasteiger partial charge in [0.25, 0.3) is 0 Å². The van der Waals surface area contributed by atoms with Gasteiger partial charge in [-0.15, -0.1) is 0 Å². The molecule has 0 saturated heterocycles. The monoisotopic (exact) mass is 584 g/mol. The van der Waals surface area contributed by atoms with E-state index in [1.165, 1.54) is 61.7 Å². The lowest BCUT2D eigenvalue weighted by molar-refractivity contribution is 0.127. The fourth-order valence-electron chi connectivity index (χ4n) is 5.33. The van der Waals surface area contributed by atoms with Crippen molar-refractivity contribution in [3.8, 4) is 22.3 Å². The van der Waals surface area contributed by atoms with Gasteiger partial charge in [-0.1, -0.05) is 97.1 Å². The zero-order valence-corrected chi connectivity index (χ0v) is 22.1. The van der Waals surface area contributed by atoms with Crippen LogP contribution in [-0.4, -0.2) is 0 Å². The number of halogens is 3. The summed E-state index contributed by atoms with van der Waals surface area (Å²) < 4.78 is 25.7. The zero-order valence-electron chi connectivity index (χ0n) is 19.9. The number of rotatable bonds is 3. The van der Waals surface area contributed by atoms with E-state index in [1.807, 2.05) is 12.1 Å². The van der Waals surface area contributed by atoms with Crippen molar-refractivity contribution in [2.75, 3.05) is 0 Å². The van der Waals surface area contributed by atoms with Gasteiger partial charge in [0.1, 0.15) is 0 Å². The third-order valence-corrected chi connectivity index (χ3v) is 7.80. The van der Waals surface area contributed by atoms with Crippen LogP contribution in [0.4, 0.5) is 8.78 Å². The largest absolute Gasteiger partial charge is 0.321 e. The van der Waals surface area contributed by atoms with Crippen LogP contribution in [0.15, 0.2) is 103 Å². The van der Waals surface area contributed by atoms with Crippen molar-refractivity contribution in [2.45, 2.75) is 17.8 Å². The van der Waals surface area contributed by atoms with Gasteiger partial charge >= 0.3 is 3.93 Å². The number of hydrogen-bond acceptors (Lipinski definition) is 0. The molecule has 176 valence electrons. The van der Waals surface area contributed by atoms with Gasteiger partial charge in [0.15, 0.2) is 0 Å². The van der Waals surface area contributed by atoms with Gasteiger partial charge in [-0.2, -0.15) is 8.78 Å². The van der Waals surface area contributed by atoms with Gasteiger partial charge in [0.2, 0.25) is 0 Å². The van der Waals surface area contributed by atoms with Crippen LogP contribution in [0.1, 0.15) is 16.7 Å². The predicted octanol–water partition coefficient (Wildman–Crippen LogP) is 10.6. The molecule has 0 amide bonds. The van der Waals surface area contributed by atoms with E-state index in [2.05, 4.69) is 86.6 Å². The Kier molecular flexibility index (Phi) is 5.56. The summed E-state index contributed by atoms with van der Waals surface area (Å²) in [4.78, 5) is 0. The highest BCUT2D eigenvalue weighted by Gasteiger charge is 2.27. The molecule has 0 aliphatic heterocycles. The Morgan fingerprint density at radius 2 is 1.11 bits per heavy atom. The highest BCUT2D eigenvalue weighted by Crippen LogP contribution is 2.46. The first-order valence-electron chi connectivity index (χ1n) is 11.9. The maximum atomic E-state index is 14.3. The first-order chi connectivity index (χ1) is 17.3. The highest BCUT2D eigenvalue weighted by atomic mass is 127. The molecule has 0 heterocycles. The Labute approximate surface area is 222 Å². The van der Waals surface area contributed by atoms with Crippen molar-refractivity contribution in [2.24, 2.45) is 0 Å². The van der Waals surface area contributed by atoms with E-state index in [9.17, 15) is 8.78 Å². The maximum absolute atomic E-state index is 14.3. The van der Waals surface area contributed by atoms with Crippen molar-refractivity contribution >= 4 is 54.9 Å². The van der Waals surface area contributed by atoms with Gasteiger partial charge in [0.05, 0.1) is 0 Å². The van der Waals surface area contributed by atoms with Crippen molar-refractivity contribution < 1.29 is 8.78 Å². The first kappa shape index (κ1) is 23.1. The minimum absolute atomic E-state index is 0.0137. The molecule has 0 radical (unpaired) electrons. The molecule has 6 aromatic carbocycles. The van der Waals surface area contributed by atoms with Gasteiger partial charge in [-0.05, 0) is 85.6 Å². The van der Waals surface area contributed by atoms with Crippen LogP contribution < -0.4 is 0 Å². The molecule has 0 fully saturated rings. The second-order valence-corrected chi connectivity index (χ2v) is 10.7. The van der Waals surface area contributed by atoms with Crippen LogP contribution in [0.25, 0.3) is 54.6 Å². The Balaban J connectivity index is 1.82. The molecule has 3 heteroatoms. The molecule has 0 unspecified atom stereocenters. The summed E-state index contributed by atoms with van der Waals surface area (Å²) >= 11 is 1.21. The summed E-state index contributed by atoms with van der Waals surface area (Å²) in [6.07, 6.45) is 0. The molecule has 36 heavy (non-hydrogen) atoms. The van der Waals surface area contributed by atoms with Crippen LogP contribution in [0.2, 0.25) is 0 Å². The Bertz CT molecular complexity index is 1790. The normalized spacial score (nSPS) is 12.0. The maximum Gasteiger partial charge on any atom is 0.321 e. The summed E-state index contributed by atoms with van der Waals surface area (Å²) in [5.74, 6) is 0. The number of aryl methyl sites for hydroxylation is 2. The highest BCUT2D eigenvalue weighted by molar-refractivity contribution is 14.1. The van der Waals surface area contributed by atoms with Gasteiger partial charge in [-0.25, -0.2) is 0 Å². The third kappa shape index (κ3) is 3.77. The van der Waals surface area contributed by atoms with Crippen LogP contribution >= 0.6 is 22.6 Å². The van der Waals surface area contributed by atoms with E-state index < -0.39 is 3.93 Å². The molecular weight excluding hydrogens is 561 g/mol. The quantitative estimate of drug-likeness (QED) is 0.110. The van der Waals surface area contributed by atoms with Crippen molar-refractivity contribution in [3.05, 3.63) is 120 Å². The standard InChI is InChI=1S/C33H23F2I/c1-20-17-29-30(18-21(20)2)32(26-16-8-10-22-9-3-4-13-25(22)26)28-15-6-5-14-27(28)31(29)23-11-7-12-24(19-23)33(34,35)36/h3-19H,1-2H3. The first-order valence-corrected chi connectivity index (χ1v) is 13.0. The summed E-state index contributed by atoms with van der Waals surface area (Å²) in [6, 6.07) is 34.6. The van der Waals surface area contributed by atoms with E-state index in [-0.39, 0.29) is 5.56 Å². The fourth-order valence-corrected chi connectivity index (χ4v) is 5.67. The molecule has 0 aromatic heterocycles. The lowest BCUT2D eigenvalue weighted by Gasteiger charge is -2.20. The summed E-state index contributed by atoms with van der Waals surface area (Å²) in [6.45, 7) is 4.24. The molecule has 0 saturated carbocycles. The van der Waals surface area contributed by atoms with Crippen LogP contribution in [-0.2, 0) is 3.93 Å². The van der Waals surface area contributed by atoms with Crippen molar-refractivity contribution in [3.63, 3.8) is 0 Å². The average Bonchev–Trinajstić information content (AvgIpc) is 2.87. The Morgan fingerprint density at radius 1 is 0.556 bits per heavy atom. The third-order valence-electron chi connectivity index (χ3n) is 7.18. The lowest BCUT2D eigenvalue weighted by Crippen LogP contribution is -2.02. The van der Waals surface area contributed by atoms with Gasteiger partial charge in [0, 0.05) is 28.2 Å². The number of alkyl halides is 3. The van der Waals surface area contributed by atoms with E-state index >= 15 is 0 Å². The second-order valence-electron chi connectivity index (χ2n) is 9.38. The molecule has 0 bridgehead atoms. The van der Waals surface area contributed by atoms with Gasteiger partial charge < -0.3 is 0 Å². The molecule has 0 nitrogen and oxygen atoms in total. The zero-order chi connectivity index (χ0) is 25.0. The molecular formula is C33H23F2I. The SMILES string of the molecule is Cc1cc2c(-c3cccc(C(F)(F)I)c3)c3ccccc3c(-c3cccc4ccccc34)c2cc1C. The molecule has 0 atom stereocenters. The van der Waals surface area contributed by atoms with Crippen molar-refractivity contribution in [1.82, 2.24) is 0 Å². The summed E-state index contributed by atoms with van der Waals surface area (Å²) in [5.41, 5.74) is 6.56. The molecule has 6 aromatic rings. The number of fused-ring (bicyclic) bond motifs is 3. The van der Waals surface area contributed by atoms with Crippen LogP contribution in [0.5, 0.6) is 0 Å². The Hall–Kier alpha value is -3.31. The van der Waals surface area contributed by atoms with E-state index in [1.54, 1.807) is 12.1 Å². The average molecular weight is 584 g/mol. The molecule has 0 aliphatic carbocycles.